The minimum absolute atomic E-state index is 0.0574. The summed E-state index contributed by atoms with van der Waals surface area (Å²) in [5, 5.41) is 13.2. The standard InChI is InChI=1S/C28H23F2N3O3/c1-15-8-23(25(30)12-22(15)21-4-2-3-5-24(21)29)27-31-26(32-36-27)16-6-7-17-13-33(14-19(17)9-16)20-10-18(11-20)28(34)35/h2-9,12,18,20H,10-11,13-14H2,1H3,(H,34,35)/t18-,20-. The number of carbonyl (C=O) groups is 1. The van der Waals surface area contributed by atoms with E-state index in [0.29, 0.717) is 35.4 Å². The van der Waals surface area contributed by atoms with Crippen molar-refractivity contribution in [1.29, 1.82) is 0 Å². The Labute approximate surface area is 206 Å². The molecule has 0 radical (unpaired) electrons. The van der Waals surface area contributed by atoms with Crippen molar-refractivity contribution < 1.29 is 23.2 Å². The molecule has 2 heterocycles. The summed E-state index contributed by atoms with van der Waals surface area (Å²) in [5.41, 5.74) is 4.77. The molecule has 0 amide bonds. The molecule has 182 valence electrons. The number of aliphatic carboxylic acids is 1. The highest BCUT2D eigenvalue weighted by Crippen LogP contribution is 2.38. The van der Waals surface area contributed by atoms with Crippen molar-refractivity contribution in [3.63, 3.8) is 0 Å². The number of nitrogens with zero attached hydrogens (tertiary/aromatic N) is 3. The number of rotatable bonds is 5. The van der Waals surface area contributed by atoms with Gasteiger partial charge in [0, 0.05) is 30.3 Å². The Kier molecular flexibility index (Phi) is 5.41. The summed E-state index contributed by atoms with van der Waals surface area (Å²) in [7, 11) is 0. The van der Waals surface area contributed by atoms with E-state index in [1.807, 2.05) is 18.2 Å². The molecule has 36 heavy (non-hydrogen) atoms. The molecule has 0 unspecified atom stereocenters. The highest BCUT2D eigenvalue weighted by atomic mass is 19.1. The van der Waals surface area contributed by atoms with Crippen LogP contribution in [-0.4, -0.2) is 32.2 Å². The predicted octanol–water partition coefficient (Wildman–Crippen LogP) is 5.84. The first-order chi connectivity index (χ1) is 17.4. The number of hydrogen-bond acceptors (Lipinski definition) is 5. The number of aromatic nitrogens is 2. The van der Waals surface area contributed by atoms with E-state index in [4.69, 9.17) is 9.63 Å². The minimum atomic E-state index is -0.716. The average molecular weight is 488 g/mol. The quantitative estimate of drug-likeness (QED) is 0.381. The van der Waals surface area contributed by atoms with Gasteiger partial charge in [0.2, 0.25) is 5.82 Å². The van der Waals surface area contributed by atoms with E-state index < -0.39 is 17.6 Å². The van der Waals surface area contributed by atoms with Gasteiger partial charge >= 0.3 is 5.97 Å². The number of halogens is 2. The first kappa shape index (κ1) is 22.5. The summed E-state index contributed by atoms with van der Waals surface area (Å²) in [4.78, 5) is 17.9. The number of benzene rings is 3. The van der Waals surface area contributed by atoms with Crippen LogP contribution < -0.4 is 0 Å². The number of hydrogen-bond donors (Lipinski definition) is 1. The van der Waals surface area contributed by atoms with Crippen LogP contribution in [0.4, 0.5) is 8.78 Å². The largest absolute Gasteiger partial charge is 0.481 e. The molecule has 1 aliphatic heterocycles. The zero-order valence-corrected chi connectivity index (χ0v) is 19.5. The zero-order chi connectivity index (χ0) is 25.0. The molecular weight excluding hydrogens is 464 g/mol. The summed E-state index contributed by atoms with van der Waals surface area (Å²) in [6.07, 6.45) is 1.37. The summed E-state index contributed by atoms with van der Waals surface area (Å²) >= 11 is 0. The molecule has 8 heteroatoms. The van der Waals surface area contributed by atoms with Crippen LogP contribution in [0.1, 0.15) is 29.5 Å². The molecule has 1 fully saturated rings. The van der Waals surface area contributed by atoms with Crippen LogP contribution in [0.25, 0.3) is 34.0 Å². The Bertz CT molecular complexity index is 1490. The lowest BCUT2D eigenvalue weighted by molar-refractivity contribution is -0.147. The summed E-state index contributed by atoms with van der Waals surface area (Å²) in [5.74, 6) is -1.53. The Balaban J connectivity index is 1.23. The Hall–Kier alpha value is -3.91. The Morgan fingerprint density at radius 3 is 2.53 bits per heavy atom. The number of carboxylic acid groups (broad SMARTS) is 1. The Morgan fingerprint density at radius 1 is 0.972 bits per heavy atom. The minimum Gasteiger partial charge on any atom is -0.481 e. The summed E-state index contributed by atoms with van der Waals surface area (Å²) in [6, 6.07) is 15.4. The van der Waals surface area contributed by atoms with Gasteiger partial charge in [0.05, 0.1) is 11.5 Å². The molecule has 0 bridgehead atoms. The maximum absolute atomic E-state index is 15.1. The Morgan fingerprint density at radius 2 is 1.75 bits per heavy atom. The first-order valence-electron chi connectivity index (χ1n) is 11.9. The van der Waals surface area contributed by atoms with Crippen molar-refractivity contribution in [3.8, 4) is 34.0 Å². The fraction of sp³-hybridized carbons (Fsp3) is 0.250. The van der Waals surface area contributed by atoms with Crippen LogP contribution in [-0.2, 0) is 17.9 Å². The van der Waals surface area contributed by atoms with Crippen molar-refractivity contribution >= 4 is 5.97 Å². The second-order valence-electron chi connectivity index (χ2n) is 9.60. The van der Waals surface area contributed by atoms with Gasteiger partial charge in [-0.3, -0.25) is 9.69 Å². The zero-order valence-electron chi connectivity index (χ0n) is 19.5. The average Bonchev–Trinajstić information content (AvgIpc) is 3.46. The predicted molar refractivity (Wildman–Crippen MR) is 129 cm³/mol. The third kappa shape index (κ3) is 3.87. The molecule has 6 rings (SSSR count). The van der Waals surface area contributed by atoms with Crippen LogP contribution in [0.2, 0.25) is 0 Å². The van der Waals surface area contributed by atoms with Gasteiger partial charge in [-0.15, -0.1) is 0 Å². The number of aryl methyl sites for hydroxylation is 1. The van der Waals surface area contributed by atoms with Gasteiger partial charge in [-0.2, -0.15) is 4.98 Å². The van der Waals surface area contributed by atoms with E-state index >= 15 is 4.39 Å². The molecule has 1 aromatic heterocycles. The van der Waals surface area contributed by atoms with Crippen molar-refractivity contribution in [2.75, 3.05) is 0 Å². The second-order valence-corrected chi connectivity index (χ2v) is 9.60. The fourth-order valence-corrected chi connectivity index (χ4v) is 5.17. The second kappa shape index (κ2) is 8.64. The van der Waals surface area contributed by atoms with Gasteiger partial charge in [0.1, 0.15) is 11.6 Å². The van der Waals surface area contributed by atoms with E-state index in [1.165, 1.54) is 17.7 Å². The monoisotopic (exact) mass is 487 g/mol. The highest BCUT2D eigenvalue weighted by molar-refractivity contribution is 5.73. The van der Waals surface area contributed by atoms with Gasteiger partial charge in [-0.05, 0) is 66.3 Å². The topological polar surface area (TPSA) is 79.5 Å². The van der Waals surface area contributed by atoms with Crippen LogP contribution >= 0.6 is 0 Å². The van der Waals surface area contributed by atoms with Crippen molar-refractivity contribution in [3.05, 3.63) is 82.9 Å². The first-order valence-corrected chi connectivity index (χ1v) is 11.9. The number of carboxylic acids is 1. The van der Waals surface area contributed by atoms with Gasteiger partial charge < -0.3 is 9.63 Å². The molecule has 0 saturated heterocycles. The van der Waals surface area contributed by atoms with Gasteiger partial charge in [0.25, 0.3) is 5.89 Å². The highest BCUT2D eigenvalue weighted by Gasteiger charge is 2.39. The lowest BCUT2D eigenvalue weighted by Gasteiger charge is -2.39. The third-order valence-electron chi connectivity index (χ3n) is 7.32. The molecular formula is C28H23F2N3O3. The lowest BCUT2D eigenvalue weighted by Crippen LogP contribution is -2.44. The summed E-state index contributed by atoms with van der Waals surface area (Å²) in [6.45, 7) is 3.33. The van der Waals surface area contributed by atoms with Crippen LogP contribution in [0.3, 0.4) is 0 Å². The van der Waals surface area contributed by atoms with Crippen molar-refractivity contribution in [1.82, 2.24) is 15.0 Å². The SMILES string of the molecule is Cc1cc(-c2nc(-c3ccc4c(c3)CN([C@H]3C[C@H](C(=O)O)C3)C4)no2)c(F)cc1-c1ccccc1F. The fourth-order valence-electron chi connectivity index (χ4n) is 5.17. The maximum Gasteiger partial charge on any atom is 0.306 e. The van der Waals surface area contributed by atoms with Crippen molar-refractivity contribution in [2.45, 2.75) is 38.9 Å². The van der Waals surface area contributed by atoms with Crippen LogP contribution in [0.15, 0.2) is 59.1 Å². The van der Waals surface area contributed by atoms with Gasteiger partial charge in [0.15, 0.2) is 0 Å². The molecule has 1 N–H and O–H groups in total. The molecule has 2 aliphatic rings. The third-order valence-corrected chi connectivity index (χ3v) is 7.32. The van der Waals surface area contributed by atoms with Crippen molar-refractivity contribution in [2.24, 2.45) is 5.92 Å². The number of fused-ring (bicyclic) bond motifs is 1. The van der Waals surface area contributed by atoms with E-state index in [1.54, 1.807) is 31.2 Å². The molecule has 4 aromatic rings. The van der Waals surface area contributed by atoms with E-state index in [0.717, 1.165) is 24.2 Å². The van der Waals surface area contributed by atoms with E-state index in [9.17, 15) is 9.18 Å². The van der Waals surface area contributed by atoms with Crippen LogP contribution in [0, 0.1) is 24.5 Å². The van der Waals surface area contributed by atoms with Gasteiger partial charge in [-0.25, -0.2) is 8.78 Å². The van der Waals surface area contributed by atoms with E-state index in [-0.39, 0.29) is 23.4 Å². The normalized spacial score (nSPS) is 19.2. The molecule has 1 aliphatic carbocycles. The smallest absolute Gasteiger partial charge is 0.306 e. The van der Waals surface area contributed by atoms with E-state index in [2.05, 4.69) is 15.0 Å². The van der Waals surface area contributed by atoms with Crippen LogP contribution in [0.5, 0.6) is 0 Å². The molecule has 1 saturated carbocycles. The lowest BCUT2D eigenvalue weighted by atomic mass is 9.79. The molecule has 3 aromatic carbocycles. The maximum atomic E-state index is 15.1. The molecule has 0 spiro atoms. The van der Waals surface area contributed by atoms with Gasteiger partial charge in [-0.1, -0.05) is 35.5 Å². The summed E-state index contributed by atoms with van der Waals surface area (Å²) < 4.78 is 34.7. The molecule has 6 nitrogen and oxygen atoms in total. The molecule has 0 atom stereocenters.